The predicted octanol–water partition coefficient (Wildman–Crippen LogP) is 2.60. The third-order valence-corrected chi connectivity index (χ3v) is 2.78. The van der Waals surface area contributed by atoms with Crippen LogP contribution in [0.4, 0.5) is 0 Å². The number of hydrogen-bond acceptors (Lipinski definition) is 4. The van der Waals surface area contributed by atoms with Crippen LogP contribution < -0.4 is 0 Å². The molecule has 0 N–H and O–H groups in total. The molecule has 0 aromatic carbocycles. The Kier molecular flexibility index (Phi) is 2.33. The molecule has 0 aliphatic carbocycles. The first kappa shape index (κ1) is 10.3. The molecular formula is C11H9ClN4O. The van der Waals surface area contributed by atoms with Crippen molar-refractivity contribution in [2.24, 2.45) is 0 Å². The second-order valence-electron chi connectivity index (χ2n) is 3.55. The Morgan fingerprint density at radius 3 is 3.00 bits per heavy atom. The second kappa shape index (κ2) is 3.85. The summed E-state index contributed by atoms with van der Waals surface area (Å²) >= 11 is 5.93. The minimum atomic E-state index is 0.327. The lowest BCUT2D eigenvalue weighted by molar-refractivity contribution is 0.525. The van der Waals surface area contributed by atoms with E-state index in [9.17, 15) is 0 Å². The molecule has 0 bridgehead atoms. The molecule has 0 spiro atoms. The van der Waals surface area contributed by atoms with Gasteiger partial charge in [0, 0.05) is 18.8 Å². The third-order valence-electron chi connectivity index (χ3n) is 2.51. The number of rotatable bonds is 2. The first-order valence-electron chi connectivity index (χ1n) is 5.24. The minimum absolute atomic E-state index is 0.327. The minimum Gasteiger partial charge on any atom is -0.458 e. The van der Waals surface area contributed by atoms with Crippen LogP contribution in [0.3, 0.4) is 0 Å². The zero-order valence-corrected chi connectivity index (χ0v) is 9.85. The Hall–Kier alpha value is -1.88. The van der Waals surface area contributed by atoms with Crippen molar-refractivity contribution >= 4 is 17.2 Å². The molecule has 0 amide bonds. The Morgan fingerprint density at radius 1 is 1.35 bits per heavy atom. The second-order valence-corrected chi connectivity index (χ2v) is 3.91. The van der Waals surface area contributed by atoms with Crippen LogP contribution in [0.15, 0.2) is 28.9 Å². The van der Waals surface area contributed by atoms with Gasteiger partial charge in [0.25, 0.3) is 0 Å². The van der Waals surface area contributed by atoms with Crippen LogP contribution in [0.2, 0.25) is 5.15 Å². The number of aryl methyl sites for hydroxylation is 1. The summed E-state index contributed by atoms with van der Waals surface area (Å²) in [7, 11) is 0. The Bertz CT molecular complexity index is 673. The molecule has 6 heteroatoms. The lowest BCUT2D eigenvalue weighted by Crippen LogP contribution is -1.89. The number of nitrogens with zero attached hydrogens (tertiary/aromatic N) is 4. The largest absolute Gasteiger partial charge is 0.458 e. The molecule has 3 aromatic rings. The van der Waals surface area contributed by atoms with Gasteiger partial charge in [-0.15, -0.1) is 10.2 Å². The van der Waals surface area contributed by atoms with E-state index in [1.807, 2.05) is 19.1 Å². The van der Waals surface area contributed by atoms with Gasteiger partial charge in [-0.3, -0.25) is 4.40 Å². The average molecular weight is 249 g/mol. The number of aromatic nitrogens is 4. The normalized spacial score (nSPS) is 11.2. The van der Waals surface area contributed by atoms with Crippen molar-refractivity contribution in [3.8, 4) is 11.6 Å². The van der Waals surface area contributed by atoms with Gasteiger partial charge in [0.05, 0.1) is 0 Å². The average Bonchev–Trinajstić information content (AvgIpc) is 2.94. The first-order valence-corrected chi connectivity index (χ1v) is 5.61. The van der Waals surface area contributed by atoms with E-state index in [-0.39, 0.29) is 0 Å². The number of hydrogen-bond donors (Lipinski definition) is 0. The topological polar surface area (TPSA) is 56.2 Å². The predicted molar refractivity (Wildman–Crippen MR) is 62.9 cm³/mol. The van der Waals surface area contributed by atoms with Crippen LogP contribution in [0.1, 0.15) is 12.7 Å². The summed E-state index contributed by atoms with van der Waals surface area (Å²) in [6, 6.07) is 3.81. The molecule has 17 heavy (non-hydrogen) atoms. The van der Waals surface area contributed by atoms with E-state index in [1.54, 1.807) is 16.8 Å². The van der Waals surface area contributed by atoms with Crippen LogP contribution in [-0.4, -0.2) is 19.6 Å². The van der Waals surface area contributed by atoms with E-state index in [2.05, 4.69) is 15.2 Å². The van der Waals surface area contributed by atoms with Crippen molar-refractivity contribution in [3.63, 3.8) is 0 Å². The summed E-state index contributed by atoms with van der Waals surface area (Å²) in [5.74, 6) is 2.22. The third kappa shape index (κ3) is 1.59. The highest BCUT2D eigenvalue weighted by Gasteiger charge is 2.13. The lowest BCUT2D eigenvalue weighted by atomic mass is 10.3. The molecule has 0 atom stereocenters. The highest BCUT2D eigenvalue weighted by Crippen LogP contribution is 2.23. The molecule has 86 valence electrons. The van der Waals surface area contributed by atoms with E-state index in [0.717, 1.165) is 12.2 Å². The van der Waals surface area contributed by atoms with E-state index in [1.165, 1.54) is 0 Å². The van der Waals surface area contributed by atoms with Crippen molar-refractivity contribution in [1.29, 1.82) is 0 Å². The molecule has 3 aromatic heterocycles. The fourth-order valence-corrected chi connectivity index (χ4v) is 1.84. The Labute approximate surface area is 102 Å². The molecule has 3 heterocycles. The van der Waals surface area contributed by atoms with Gasteiger partial charge in [-0.05, 0) is 12.1 Å². The van der Waals surface area contributed by atoms with Gasteiger partial charge in [0.15, 0.2) is 16.6 Å². The summed E-state index contributed by atoms with van der Waals surface area (Å²) in [6.45, 7) is 2.03. The SMILES string of the molecule is CCc1ccc(-c2nnc3c(Cl)nccn23)o1. The quantitative estimate of drug-likeness (QED) is 0.700. The van der Waals surface area contributed by atoms with Crippen LogP contribution in [0.5, 0.6) is 0 Å². The Morgan fingerprint density at radius 2 is 2.24 bits per heavy atom. The zero-order valence-electron chi connectivity index (χ0n) is 9.09. The highest BCUT2D eigenvalue weighted by atomic mass is 35.5. The van der Waals surface area contributed by atoms with Crippen molar-refractivity contribution in [2.75, 3.05) is 0 Å². The van der Waals surface area contributed by atoms with E-state index in [0.29, 0.717) is 22.4 Å². The van der Waals surface area contributed by atoms with Crippen molar-refractivity contribution in [3.05, 3.63) is 35.4 Å². The molecular weight excluding hydrogens is 240 g/mol. The fraction of sp³-hybridized carbons (Fsp3) is 0.182. The summed E-state index contributed by atoms with van der Waals surface area (Å²) in [4.78, 5) is 3.95. The smallest absolute Gasteiger partial charge is 0.204 e. The van der Waals surface area contributed by atoms with Crippen molar-refractivity contribution < 1.29 is 4.42 Å². The van der Waals surface area contributed by atoms with E-state index >= 15 is 0 Å². The lowest BCUT2D eigenvalue weighted by Gasteiger charge is -1.96. The van der Waals surface area contributed by atoms with Crippen LogP contribution >= 0.6 is 11.6 Å². The molecule has 0 aliphatic heterocycles. The number of halogens is 1. The molecule has 3 rings (SSSR count). The van der Waals surface area contributed by atoms with E-state index < -0.39 is 0 Å². The molecule has 0 aliphatic rings. The van der Waals surface area contributed by atoms with E-state index in [4.69, 9.17) is 16.0 Å². The standard InChI is InChI=1S/C11H9ClN4O/c1-2-7-3-4-8(17-7)10-14-15-11-9(12)13-5-6-16(10)11/h3-6H,2H2,1H3. The van der Waals surface area contributed by atoms with Gasteiger partial charge >= 0.3 is 0 Å². The maximum atomic E-state index is 5.93. The molecule has 0 fully saturated rings. The number of fused-ring (bicyclic) bond motifs is 1. The molecule has 0 saturated heterocycles. The fourth-order valence-electron chi connectivity index (χ4n) is 1.65. The monoisotopic (exact) mass is 248 g/mol. The summed E-state index contributed by atoms with van der Waals surface area (Å²) in [5, 5.41) is 8.38. The highest BCUT2D eigenvalue weighted by molar-refractivity contribution is 6.32. The van der Waals surface area contributed by atoms with Gasteiger partial charge < -0.3 is 4.42 Å². The van der Waals surface area contributed by atoms with Gasteiger partial charge in [-0.25, -0.2) is 4.98 Å². The van der Waals surface area contributed by atoms with Gasteiger partial charge in [-0.2, -0.15) is 0 Å². The zero-order chi connectivity index (χ0) is 11.8. The summed E-state index contributed by atoms with van der Waals surface area (Å²) in [6.07, 6.45) is 4.20. The van der Waals surface area contributed by atoms with Crippen LogP contribution in [-0.2, 0) is 6.42 Å². The van der Waals surface area contributed by atoms with Gasteiger partial charge in [-0.1, -0.05) is 18.5 Å². The first-order chi connectivity index (χ1) is 8.29. The van der Waals surface area contributed by atoms with Gasteiger partial charge in [0.2, 0.25) is 5.82 Å². The summed E-state index contributed by atoms with van der Waals surface area (Å²) < 4.78 is 7.40. The Balaban J connectivity index is 2.20. The van der Waals surface area contributed by atoms with Crippen LogP contribution in [0, 0.1) is 0 Å². The van der Waals surface area contributed by atoms with Crippen molar-refractivity contribution in [2.45, 2.75) is 13.3 Å². The van der Waals surface area contributed by atoms with Crippen LogP contribution in [0.25, 0.3) is 17.2 Å². The molecule has 0 radical (unpaired) electrons. The summed E-state index contributed by atoms with van der Waals surface area (Å²) in [5.41, 5.74) is 0.526. The number of furan rings is 1. The molecule has 5 nitrogen and oxygen atoms in total. The molecule has 0 unspecified atom stereocenters. The maximum Gasteiger partial charge on any atom is 0.204 e. The maximum absolute atomic E-state index is 5.93. The van der Waals surface area contributed by atoms with Crippen molar-refractivity contribution in [1.82, 2.24) is 19.6 Å². The van der Waals surface area contributed by atoms with Gasteiger partial charge in [0.1, 0.15) is 5.76 Å². The molecule has 0 saturated carbocycles.